The first-order chi connectivity index (χ1) is 12.1. The second-order valence-electron chi connectivity index (χ2n) is 7.85. The van der Waals surface area contributed by atoms with Gasteiger partial charge in [0.15, 0.2) is 0 Å². The zero-order valence-corrected chi connectivity index (χ0v) is 16.7. The van der Waals surface area contributed by atoms with E-state index in [4.69, 9.17) is 15.0 Å². The van der Waals surface area contributed by atoms with Crippen LogP contribution in [0.1, 0.15) is 39.7 Å². The lowest BCUT2D eigenvalue weighted by molar-refractivity contribution is 0.00578. The van der Waals surface area contributed by atoms with E-state index in [9.17, 15) is 8.42 Å². The molecule has 0 atom stereocenters. The minimum atomic E-state index is -3.20. The molecule has 1 aromatic rings. The number of benzene rings is 1. The van der Waals surface area contributed by atoms with E-state index in [0.29, 0.717) is 25.2 Å². The van der Waals surface area contributed by atoms with E-state index in [1.54, 1.807) is 0 Å². The molecule has 2 fully saturated rings. The number of anilines is 1. The highest BCUT2D eigenvalue weighted by Crippen LogP contribution is 2.38. The maximum atomic E-state index is 12.2. The second-order valence-corrected chi connectivity index (χ2v) is 9.86. The normalized spacial score (nSPS) is 24.3. The molecule has 2 aliphatic heterocycles. The van der Waals surface area contributed by atoms with Crippen molar-refractivity contribution in [2.75, 3.05) is 23.1 Å². The Hall–Kier alpha value is -1.35. The van der Waals surface area contributed by atoms with Crippen LogP contribution in [0.15, 0.2) is 29.7 Å². The molecule has 3 rings (SSSR count). The van der Waals surface area contributed by atoms with Crippen LogP contribution in [0.25, 0.3) is 6.08 Å². The highest BCUT2D eigenvalue weighted by atomic mass is 32.2. The molecule has 0 aliphatic carbocycles. The van der Waals surface area contributed by atoms with Crippen LogP contribution in [-0.4, -0.2) is 45.6 Å². The Balaban J connectivity index is 1.88. The first kappa shape index (κ1) is 19.4. The molecule has 2 aliphatic rings. The number of nitrogens with zero attached hydrogens (tertiary/aromatic N) is 1. The Morgan fingerprint density at radius 1 is 1.27 bits per heavy atom. The number of hydrogen-bond donors (Lipinski definition) is 1. The van der Waals surface area contributed by atoms with Gasteiger partial charge in [-0.05, 0) is 57.3 Å². The van der Waals surface area contributed by atoms with Gasteiger partial charge in [0.1, 0.15) is 0 Å². The summed E-state index contributed by atoms with van der Waals surface area (Å²) in [5.41, 5.74) is 7.46. The Kier molecular flexibility index (Phi) is 4.98. The van der Waals surface area contributed by atoms with Gasteiger partial charge in [0.2, 0.25) is 10.0 Å². The van der Waals surface area contributed by atoms with Gasteiger partial charge in [-0.3, -0.25) is 4.31 Å². The maximum absolute atomic E-state index is 12.2. The van der Waals surface area contributed by atoms with Gasteiger partial charge < -0.3 is 15.0 Å². The van der Waals surface area contributed by atoms with Crippen molar-refractivity contribution in [2.24, 2.45) is 5.73 Å². The third kappa shape index (κ3) is 3.56. The first-order valence-corrected chi connectivity index (χ1v) is 10.5. The summed E-state index contributed by atoms with van der Waals surface area (Å²) in [5.74, 6) is 0.203. The molecule has 0 bridgehead atoms. The molecule has 26 heavy (non-hydrogen) atoms. The molecule has 0 spiro atoms. The Bertz CT molecular complexity index is 804. The van der Waals surface area contributed by atoms with Crippen molar-refractivity contribution in [3.05, 3.63) is 35.3 Å². The zero-order chi connectivity index (χ0) is 19.2. The van der Waals surface area contributed by atoms with Crippen LogP contribution >= 0.6 is 0 Å². The van der Waals surface area contributed by atoms with Gasteiger partial charge in [-0.25, -0.2) is 8.42 Å². The molecule has 0 amide bonds. The summed E-state index contributed by atoms with van der Waals surface area (Å²) in [5, 5.41) is 0. The molecule has 2 heterocycles. The van der Waals surface area contributed by atoms with Crippen LogP contribution in [0.3, 0.4) is 0 Å². The summed E-state index contributed by atoms with van der Waals surface area (Å²) in [4.78, 5) is 0. The quantitative estimate of drug-likeness (QED) is 0.813. The highest BCUT2D eigenvalue weighted by Gasteiger charge is 2.52. The molecule has 2 N–H and O–H groups in total. The summed E-state index contributed by atoms with van der Waals surface area (Å²) < 4.78 is 37.9. The van der Waals surface area contributed by atoms with Gasteiger partial charge >= 0.3 is 7.12 Å². The van der Waals surface area contributed by atoms with Gasteiger partial charge in [-0.1, -0.05) is 18.2 Å². The fourth-order valence-corrected chi connectivity index (χ4v) is 4.69. The first-order valence-electron chi connectivity index (χ1n) is 8.92. The smallest absolute Gasteiger partial charge is 0.400 e. The predicted molar refractivity (Wildman–Crippen MR) is 105 cm³/mol. The van der Waals surface area contributed by atoms with Crippen molar-refractivity contribution in [1.29, 1.82) is 0 Å². The van der Waals surface area contributed by atoms with Gasteiger partial charge in [-0.15, -0.1) is 0 Å². The maximum Gasteiger partial charge on any atom is 0.491 e. The van der Waals surface area contributed by atoms with Crippen molar-refractivity contribution in [3.63, 3.8) is 0 Å². The molecule has 0 unspecified atom stereocenters. The fraction of sp³-hybridized carbons (Fsp3) is 0.556. The van der Waals surface area contributed by atoms with Crippen LogP contribution < -0.4 is 10.0 Å². The number of nitrogens with two attached hydrogens (primary N) is 1. The predicted octanol–water partition coefficient (Wildman–Crippen LogP) is 2.20. The van der Waals surface area contributed by atoms with Crippen LogP contribution in [0.5, 0.6) is 0 Å². The van der Waals surface area contributed by atoms with Crippen molar-refractivity contribution >= 4 is 28.9 Å². The van der Waals surface area contributed by atoms with Crippen molar-refractivity contribution in [1.82, 2.24) is 0 Å². The van der Waals surface area contributed by atoms with Crippen LogP contribution in [-0.2, 0) is 19.3 Å². The molecule has 142 valence electrons. The molecule has 1 aromatic carbocycles. The molecule has 0 aromatic heterocycles. The molecule has 0 saturated carbocycles. The SMILES string of the molecule is CC1(C)OB(C(=Cc2cccc(N3CCCS3(=O)=O)c2)CN)OC1(C)C. The van der Waals surface area contributed by atoms with E-state index in [1.807, 2.05) is 58.0 Å². The van der Waals surface area contributed by atoms with Crippen LogP contribution in [0.2, 0.25) is 0 Å². The van der Waals surface area contributed by atoms with E-state index in [-0.39, 0.29) is 5.75 Å². The summed E-state index contributed by atoms with van der Waals surface area (Å²) in [7, 11) is -3.71. The minimum Gasteiger partial charge on any atom is -0.400 e. The molecular formula is C18H27BN2O4S. The Labute approximate surface area is 156 Å². The van der Waals surface area contributed by atoms with E-state index >= 15 is 0 Å². The van der Waals surface area contributed by atoms with Crippen molar-refractivity contribution < 1.29 is 17.7 Å². The van der Waals surface area contributed by atoms with E-state index in [1.165, 1.54) is 4.31 Å². The number of rotatable bonds is 4. The van der Waals surface area contributed by atoms with Crippen LogP contribution in [0, 0.1) is 0 Å². The summed E-state index contributed by atoms with van der Waals surface area (Å²) in [6, 6.07) is 7.46. The average molecular weight is 378 g/mol. The lowest BCUT2D eigenvalue weighted by Crippen LogP contribution is -2.41. The molecule has 2 saturated heterocycles. The largest absolute Gasteiger partial charge is 0.491 e. The average Bonchev–Trinajstić information content (AvgIpc) is 3.00. The van der Waals surface area contributed by atoms with E-state index in [0.717, 1.165) is 11.0 Å². The zero-order valence-electron chi connectivity index (χ0n) is 15.9. The van der Waals surface area contributed by atoms with Crippen molar-refractivity contribution in [3.8, 4) is 0 Å². The third-order valence-electron chi connectivity index (χ3n) is 5.40. The number of sulfonamides is 1. The standard InChI is InChI=1S/C18H27BN2O4S/c1-17(2)18(3,4)25-19(24-17)15(13-20)11-14-7-5-8-16(12-14)21-9-6-10-26(21,22)23/h5,7-8,11-12H,6,9-10,13,20H2,1-4H3. The molecule has 6 nitrogen and oxygen atoms in total. The van der Waals surface area contributed by atoms with Gasteiger partial charge in [-0.2, -0.15) is 0 Å². The van der Waals surface area contributed by atoms with Crippen molar-refractivity contribution in [2.45, 2.75) is 45.3 Å². The highest BCUT2D eigenvalue weighted by molar-refractivity contribution is 7.93. The van der Waals surface area contributed by atoms with E-state index < -0.39 is 28.3 Å². The van der Waals surface area contributed by atoms with E-state index in [2.05, 4.69) is 0 Å². The third-order valence-corrected chi connectivity index (χ3v) is 7.27. The second kappa shape index (κ2) is 6.67. The fourth-order valence-electron chi connectivity index (χ4n) is 3.13. The molecule has 0 radical (unpaired) electrons. The topological polar surface area (TPSA) is 81.9 Å². The molecular weight excluding hydrogens is 351 g/mol. The summed E-state index contributed by atoms with van der Waals surface area (Å²) in [6.45, 7) is 8.82. The van der Waals surface area contributed by atoms with Gasteiger partial charge in [0, 0.05) is 13.1 Å². The summed E-state index contributed by atoms with van der Waals surface area (Å²) >= 11 is 0. The lowest BCUT2D eigenvalue weighted by atomic mass is 9.77. The Morgan fingerprint density at radius 3 is 2.46 bits per heavy atom. The van der Waals surface area contributed by atoms with Gasteiger partial charge in [0.25, 0.3) is 0 Å². The Morgan fingerprint density at radius 2 is 1.92 bits per heavy atom. The number of hydrogen-bond acceptors (Lipinski definition) is 5. The lowest BCUT2D eigenvalue weighted by Gasteiger charge is -2.32. The monoisotopic (exact) mass is 378 g/mol. The minimum absolute atomic E-state index is 0.203. The van der Waals surface area contributed by atoms with Crippen LogP contribution in [0.4, 0.5) is 5.69 Å². The van der Waals surface area contributed by atoms with Gasteiger partial charge in [0.05, 0.1) is 22.6 Å². The summed E-state index contributed by atoms with van der Waals surface area (Å²) in [6.07, 6.45) is 2.58. The molecule has 8 heteroatoms.